The Morgan fingerprint density at radius 3 is 2.79 bits per heavy atom. The van der Waals surface area contributed by atoms with E-state index in [4.69, 9.17) is 0 Å². The summed E-state index contributed by atoms with van der Waals surface area (Å²) in [5.74, 6) is 0.267. The Hall–Kier alpha value is -0.390. The molecule has 0 aromatic heterocycles. The molecule has 4 nitrogen and oxygen atoms in total. The second kappa shape index (κ2) is 3.64. The van der Waals surface area contributed by atoms with Crippen molar-refractivity contribution in [2.75, 3.05) is 25.9 Å². The molecule has 1 fully saturated rings. The summed E-state index contributed by atoms with van der Waals surface area (Å²) in [7, 11) is -0.946. The first-order valence-corrected chi connectivity index (χ1v) is 6.64. The van der Waals surface area contributed by atoms with Crippen molar-refractivity contribution in [3.05, 3.63) is 11.5 Å². The first-order valence-electron chi connectivity index (χ1n) is 4.93. The van der Waals surface area contributed by atoms with Crippen molar-refractivity contribution in [2.24, 2.45) is 0 Å². The lowest BCUT2D eigenvalue weighted by Crippen LogP contribution is -2.37. The number of likely N-dealkylation sites (N-methyl/N-ethyl adjacent to an activating group) is 1. The summed E-state index contributed by atoms with van der Waals surface area (Å²) in [6, 6.07) is 0.630. The molecule has 80 valence electrons. The van der Waals surface area contributed by atoms with E-state index in [2.05, 4.69) is 10.2 Å². The normalized spacial score (nSPS) is 36.6. The van der Waals surface area contributed by atoms with Crippen LogP contribution in [0.15, 0.2) is 11.5 Å². The van der Waals surface area contributed by atoms with Gasteiger partial charge in [-0.2, -0.15) is 0 Å². The van der Waals surface area contributed by atoms with E-state index >= 15 is 0 Å². The van der Waals surface area contributed by atoms with Gasteiger partial charge in [0.25, 0.3) is 0 Å². The lowest BCUT2D eigenvalue weighted by Gasteiger charge is -2.21. The lowest BCUT2D eigenvalue weighted by atomic mass is 10.3. The Balaban J connectivity index is 1.97. The first-order chi connectivity index (χ1) is 6.61. The zero-order valence-corrected chi connectivity index (χ0v) is 9.13. The molecule has 0 aromatic carbocycles. The molecular weight excluding hydrogens is 200 g/mol. The first kappa shape index (κ1) is 10.1. The maximum absolute atomic E-state index is 11.2. The highest BCUT2D eigenvalue weighted by Gasteiger charge is 2.31. The smallest absolute Gasteiger partial charge is 0.173 e. The number of hydrogen-bond acceptors (Lipinski definition) is 4. The van der Waals surface area contributed by atoms with Crippen molar-refractivity contribution < 1.29 is 8.42 Å². The summed E-state index contributed by atoms with van der Waals surface area (Å²) >= 11 is 0. The molecule has 2 atom stereocenters. The second-order valence-corrected chi connectivity index (χ2v) is 5.93. The largest absolute Gasteiger partial charge is 0.316 e. The third kappa shape index (κ3) is 1.99. The molecule has 0 radical (unpaired) electrons. The van der Waals surface area contributed by atoms with Crippen LogP contribution in [-0.2, 0) is 9.84 Å². The fourth-order valence-electron chi connectivity index (χ4n) is 2.11. The van der Waals surface area contributed by atoms with Gasteiger partial charge in [0.1, 0.15) is 0 Å². The van der Waals surface area contributed by atoms with E-state index in [0.29, 0.717) is 6.04 Å². The minimum absolute atomic E-state index is 0.110. The van der Waals surface area contributed by atoms with Gasteiger partial charge in [0.15, 0.2) is 9.84 Å². The lowest BCUT2D eigenvalue weighted by molar-refractivity contribution is 0.296. The highest BCUT2D eigenvalue weighted by molar-refractivity contribution is 7.94. The van der Waals surface area contributed by atoms with Gasteiger partial charge in [-0.3, -0.25) is 4.90 Å². The van der Waals surface area contributed by atoms with E-state index < -0.39 is 9.84 Å². The molecule has 0 aliphatic carbocycles. The van der Waals surface area contributed by atoms with Gasteiger partial charge in [-0.25, -0.2) is 8.42 Å². The molecule has 14 heavy (non-hydrogen) atoms. The van der Waals surface area contributed by atoms with E-state index in [1.165, 1.54) is 5.41 Å². The van der Waals surface area contributed by atoms with Crippen LogP contribution in [0.3, 0.4) is 0 Å². The maximum atomic E-state index is 11.2. The molecule has 1 saturated heterocycles. The number of likely N-dealkylation sites (tertiary alicyclic amines) is 1. The zero-order chi connectivity index (χ0) is 10.2. The van der Waals surface area contributed by atoms with E-state index in [1.807, 2.05) is 13.1 Å². The topological polar surface area (TPSA) is 49.4 Å². The second-order valence-electron chi connectivity index (χ2n) is 3.99. The van der Waals surface area contributed by atoms with Crippen LogP contribution in [0.5, 0.6) is 0 Å². The minimum atomic E-state index is -2.90. The van der Waals surface area contributed by atoms with Gasteiger partial charge < -0.3 is 5.32 Å². The van der Waals surface area contributed by atoms with Gasteiger partial charge in [0.2, 0.25) is 0 Å². The van der Waals surface area contributed by atoms with Crippen molar-refractivity contribution in [2.45, 2.75) is 18.5 Å². The third-order valence-corrected chi connectivity index (χ3v) is 4.39. The maximum Gasteiger partial charge on any atom is 0.173 e. The molecule has 2 aliphatic heterocycles. The predicted molar refractivity (Wildman–Crippen MR) is 55.8 cm³/mol. The predicted octanol–water partition coefficient (Wildman–Crippen LogP) is -0.409. The van der Waals surface area contributed by atoms with E-state index in [0.717, 1.165) is 19.5 Å². The standard InChI is InChI=1S/C9H16N2O2S/c1-10-8-2-4-11(6-8)9-3-5-14(12,13)7-9/h3,5,8-10H,2,4,6-7H2,1H3. The summed E-state index contributed by atoms with van der Waals surface area (Å²) in [4.78, 5) is 2.24. The quantitative estimate of drug-likeness (QED) is 0.682. The van der Waals surface area contributed by atoms with Crippen molar-refractivity contribution in [1.29, 1.82) is 0 Å². The molecule has 0 bridgehead atoms. The van der Waals surface area contributed by atoms with E-state index in [9.17, 15) is 8.42 Å². The molecule has 5 heteroatoms. The Morgan fingerprint density at radius 2 is 2.29 bits per heavy atom. The average molecular weight is 216 g/mol. The molecule has 0 aromatic rings. The Labute approximate surface area is 84.9 Å². The van der Waals surface area contributed by atoms with Crippen LogP contribution in [0.4, 0.5) is 0 Å². The number of hydrogen-bond donors (Lipinski definition) is 1. The molecule has 2 aliphatic rings. The van der Waals surface area contributed by atoms with Gasteiger partial charge in [-0.05, 0) is 13.5 Å². The van der Waals surface area contributed by atoms with Gasteiger partial charge in [-0.1, -0.05) is 6.08 Å². The van der Waals surface area contributed by atoms with E-state index in [1.54, 1.807) is 0 Å². The van der Waals surface area contributed by atoms with Crippen molar-refractivity contribution >= 4 is 9.84 Å². The zero-order valence-electron chi connectivity index (χ0n) is 8.31. The van der Waals surface area contributed by atoms with Crippen molar-refractivity contribution in [3.8, 4) is 0 Å². The monoisotopic (exact) mass is 216 g/mol. The van der Waals surface area contributed by atoms with Crippen molar-refractivity contribution in [3.63, 3.8) is 0 Å². The van der Waals surface area contributed by atoms with Gasteiger partial charge >= 0.3 is 0 Å². The molecular formula is C9H16N2O2S. The van der Waals surface area contributed by atoms with Gasteiger partial charge in [0, 0.05) is 30.6 Å². The van der Waals surface area contributed by atoms with Crippen LogP contribution >= 0.6 is 0 Å². The molecule has 0 spiro atoms. The highest BCUT2D eigenvalue weighted by atomic mass is 32.2. The summed E-state index contributed by atoms with van der Waals surface area (Å²) in [5.41, 5.74) is 0. The highest BCUT2D eigenvalue weighted by Crippen LogP contribution is 2.19. The Morgan fingerprint density at radius 1 is 1.50 bits per heavy atom. The number of nitrogens with one attached hydrogen (secondary N) is 1. The molecule has 2 heterocycles. The van der Waals surface area contributed by atoms with Crippen LogP contribution < -0.4 is 5.32 Å². The summed E-state index contributed by atoms with van der Waals surface area (Å²) in [6.07, 6.45) is 2.92. The van der Waals surface area contributed by atoms with Crippen LogP contribution in [0.25, 0.3) is 0 Å². The fraction of sp³-hybridized carbons (Fsp3) is 0.778. The number of nitrogens with zero attached hydrogens (tertiary/aromatic N) is 1. The third-order valence-electron chi connectivity index (χ3n) is 3.01. The molecule has 0 amide bonds. The van der Waals surface area contributed by atoms with Gasteiger partial charge in [-0.15, -0.1) is 0 Å². The molecule has 0 saturated carbocycles. The molecule has 1 N–H and O–H groups in total. The summed E-state index contributed by atoms with van der Waals surface area (Å²) < 4.78 is 22.4. The van der Waals surface area contributed by atoms with Crippen molar-refractivity contribution in [1.82, 2.24) is 10.2 Å². The minimum Gasteiger partial charge on any atom is -0.316 e. The van der Waals surface area contributed by atoms with E-state index in [-0.39, 0.29) is 11.8 Å². The van der Waals surface area contributed by atoms with Crippen LogP contribution in [0, 0.1) is 0 Å². The van der Waals surface area contributed by atoms with Crippen LogP contribution in [0.1, 0.15) is 6.42 Å². The summed E-state index contributed by atoms with van der Waals surface area (Å²) in [5, 5.41) is 4.57. The fourth-order valence-corrected chi connectivity index (χ4v) is 3.44. The Bertz CT molecular complexity index is 337. The SMILES string of the molecule is CNC1CCN(C2C=CS(=O)(=O)C2)C1. The number of rotatable bonds is 2. The average Bonchev–Trinajstić information content (AvgIpc) is 2.70. The number of sulfone groups is 1. The van der Waals surface area contributed by atoms with Crippen LogP contribution in [0.2, 0.25) is 0 Å². The van der Waals surface area contributed by atoms with Gasteiger partial charge in [0.05, 0.1) is 5.75 Å². The molecule has 2 unspecified atom stereocenters. The Kier molecular flexibility index (Phi) is 2.64. The summed E-state index contributed by atoms with van der Waals surface area (Å²) in [6.45, 7) is 1.96. The molecule has 2 rings (SSSR count). The van der Waals surface area contributed by atoms with Crippen LogP contribution in [-0.4, -0.2) is 51.3 Å².